The van der Waals surface area contributed by atoms with Gasteiger partial charge in [0.15, 0.2) is 0 Å². The van der Waals surface area contributed by atoms with E-state index in [1.165, 1.54) is 99.2 Å². The van der Waals surface area contributed by atoms with Gasteiger partial charge in [-0.2, -0.15) is 0 Å². The Bertz CT molecular complexity index is 4810. The van der Waals surface area contributed by atoms with Crippen LogP contribution >= 0.6 is 31.9 Å². The Labute approximate surface area is 548 Å². The molecule has 0 radical (unpaired) electrons. The average Bonchev–Trinajstić information content (AvgIpc) is 1.55. The van der Waals surface area contributed by atoms with Gasteiger partial charge in [-0.05, 0) is 208 Å². The summed E-state index contributed by atoms with van der Waals surface area (Å²) >= 11 is 7.80. The predicted molar refractivity (Wildman–Crippen MR) is 390 cm³/mol. The van der Waals surface area contributed by atoms with Gasteiger partial charge >= 0.3 is 0 Å². The number of para-hydroxylation sites is 5. The molecule has 16 rings (SSSR count). The number of nitrogens with zero attached hydrogens (tertiary/aromatic N) is 4. The van der Waals surface area contributed by atoms with Crippen molar-refractivity contribution in [3.05, 3.63) is 347 Å². The first-order valence-corrected chi connectivity index (χ1v) is 33.3. The summed E-state index contributed by atoms with van der Waals surface area (Å²) < 4.78 is 7.33. The topological polar surface area (TPSA) is 16.3 Å². The highest BCUT2D eigenvalue weighted by Crippen LogP contribution is 2.58. The Morgan fingerprint density at radius 3 is 1.05 bits per heavy atom. The summed E-state index contributed by atoms with van der Waals surface area (Å²) in [5.74, 6) is 0. The number of aryl methyl sites for hydroxylation is 2. The van der Waals surface area contributed by atoms with Gasteiger partial charge in [0.05, 0.1) is 5.41 Å². The van der Waals surface area contributed by atoms with Crippen LogP contribution in [0.5, 0.6) is 0 Å². The molecule has 6 heteroatoms. The summed E-state index contributed by atoms with van der Waals surface area (Å²) in [6, 6.07) is 116. The number of unbranched alkanes of at least 4 members (excludes halogenated alkanes) is 3. The molecule has 0 spiro atoms. The molecule has 0 amide bonds. The Morgan fingerprint density at radius 2 is 0.615 bits per heavy atom. The van der Waals surface area contributed by atoms with Gasteiger partial charge in [-0.25, -0.2) is 0 Å². The number of aromatic nitrogens is 2. The highest BCUT2D eigenvalue weighted by molar-refractivity contribution is 9.10. The van der Waals surface area contributed by atoms with E-state index in [1.807, 2.05) is 0 Å². The van der Waals surface area contributed by atoms with E-state index in [2.05, 4.69) is 366 Å². The number of hydrogen-bond acceptors (Lipinski definition) is 2. The van der Waals surface area contributed by atoms with Crippen LogP contribution in [0.2, 0.25) is 0 Å². The van der Waals surface area contributed by atoms with Gasteiger partial charge in [-0.3, -0.25) is 0 Å². The van der Waals surface area contributed by atoms with Crippen molar-refractivity contribution in [3.63, 3.8) is 0 Å². The summed E-state index contributed by atoms with van der Waals surface area (Å²) in [5.41, 5.74) is 23.8. The SMILES string of the molecule is Brc1ccc2c(c1)C(c1ccccc1)(c1ccc3c(c1)c1ccccc1n3CCCCCCn1c3ccc(-c4ccc(N(c5ccccc5)c5ccccc5)cc4)cc3c3cc(-c4ccc(N(c5ccccc5)c5ccccc5)cc4)ccc31)c1cc(Br)ccc1-2. The Kier molecular flexibility index (Phi) is 14.9. The van der Waals surface area contributed by atoms with Crippen molar-refractivity contribution in [2.75, 3.05) is 9.80 Å². The lowest BCUT2D eigenvalue weighted by atomic mass is 9.67. The number of fused-ring (bicyclic) bond motifs is 9. The van der Waals surface area contributed by atoms with Gasteiger partial charge in [0.2, 0.25) is 0 Å². The van der Waals surface area contributed by atoms with Crippen molar-refractivity contribution in [2.24, 2.45) is 0 Å². The standard InChI is InChI=1S/C85H64Br2N4/c86-65-41-47-73-74-48-42-66(87)58-80(74)85(79(73)57-65,63-22-8-3-9-23-63)64-40-51-84-78(56-64)75-32-18-19-33-81(75)88(84)52-20-1-2-21-53-89-82-49-38-61(59-34-43-71(44-35-59)90(67-24-10-4-11-25-67)68-26-12-5-13-27-68)54-76(82)77-55-62(39-50-83(77)89)60-36-45-72(46-37-60)91(69-28-14-6-15-29-69)70-30-16-7-17-31-70/h3-19,22-51,54-58H,1-2,20-21,52-53H2. The molecule has 0 bridgehead atoms. The van der Waals surface area contributed by atoms with Crippen LogP contribution in [0.4, 0.5) is 34.1 Å². The number of benzene rings is 13. The van der Waals surface area contributed by atoms with E-state index in [9.17, 15) is 0 Å². The quantitative estimate of drug-likeness (QED) is 0.0845. The van der Waals surface area contributed by atoms with Crippen molar-refractivity contribution in [1.29, 1.82) is 0 Å². The lowest BCUT2D eigenvalue weighted by molar-refractivity contribution is 0.559. The molecule has 15 aromatic rings. The summed E-state index contributed by atoms with van der Waals surface area (Å²) in [6.45, 7) is 1.89. The number of hydrogen-bond donors (Lipinski definition) is 0. The lowest BCUT2D eigenvalue weighted by Gasteiger charge is -2.34. The largest absolute Gasteiger partial charge is 0.340 e. The van der Waals surface area contributed by atoms with Crippen LogP contribution in [0.3, 0.4) is 0 Å². The van der Waals surface area contributed by atoms with Gasteiger partial charge < -0.3 is 18.9 Å². The zero-order valence-electron chi connectivity index (χ0n) is 50.3. The van der Waals surface area contributed by atoms with E-state index in [0.717, 1.165) is 81.8 Å². The van der Waals surface area contributed by atoms with Crippen LogP contribution < -0.4 is 9.80 Å². The van der Waals surface area contributed by atoms with Crippen LogP contribution in [0, 0.1) is 0 Å². The van der Waals surface area contributed by atoms with Crippen molar-refractivity contribution in [2.45, 2.75) is 44.2 Å². The molecular weight excluding hydrogens is 1240 g/mol. The van der Waals surface area contributed by atoms with E-state index < -0.39 is 5.41 Å². The summed E-state index contributed by atoms with van der Waals surface area (Å²) in [5, 5.41) is 5.14. The van der Waals surface area contributed by atoms with E-state index in [4.69, 9.17) is 0 Å². The lowest BCUT2D eigenvalue weighted by Crippen LogP contribution is -2.28. The number of rotatable bonds is 17. The van der Waals surface area contributed by atoms with Crippen LogP contribution in [-0.4, -0.2) is 9.13 Å². The van der Waals surface area contributed by atoms with Crippen molar-refractivity contribution in [1.82, 2.24) is 9.13 Å². The first-order valence-electron chi connectivity index (χ1n) is 31.7. The number of halogens is 2. The Balaban J connectivity index is 0.699. The zero-order chi connectivity index (χ0) is 60.8. The van der Waals surface area contributed by atoms with Gasteiger partial charge in [0.25, 0.3) is 0 Å². The van der Waals surface area contributed by atoms with Gasteiger partial charge in [-0.1, -0.05) is 221 Å². The highest BCUT2D eigenvalue weighted by Gasteiger charge is 2.46. The van der Waals surface area contributed by atoms with Crippen LogP contribution in [0.1, 0.15) is 47.9 Å². The molecule has 1 aliphatic rings. The minimum atomic E-state index is -0.514. The van der Waals surface area contributed by atoms with Gasteiger partial charge in [-0.15, -0.1) is 0 Å². The molecule has 0 N–H and O–H groups in total. The second-order valence-corrected chi connectivity index (χ2v) is 25.9. The third-order valence-corrected chi connectivity index (χ3v) is 19.8. The molecule has 2 aromatic heterocycles. The maximum absolute atomic E-state index is 3.90. The van der Waals surface area contributed by atoms with E-state index >= 15 is 0 Å². The van der Waals surface area contributed by atoms with Crippen molar-refractivity contribution >= 4 is 110 Å². The minimum absolute atomic E-state index is 0.514. The molecule has 91 heavy (non-hydrogen) atoms. The summed E-state index contributed by atoms with van der Waals surface area (Å²) in [7, 11) is 0. The molecule has 1 aliphatic carbocycles. The summed E-state index contributed by atoms with van der Waals surface area (Å²) in [4.78, 5) is 4.65. The summed E-state index contributed by atoms with van der Waals surface area (Å²) in [6.07, 6.45) is 4.44. The highest BCUT2D eigenvalue weighted by atomic mass is 79.9. The Morgan fingerprint density at radius 1 is 0.264 bits per heavy atom. The first-order chi connectivity index (χ1) is 45.0. The van der Waals surface area contributed by atoms with E-state index in [1.54, 1.807) is 0 Å². The maximum Gasteiger partial charge on any atom is 0.0714 e. The van der Waals surface area contributed by atoms with E-state index in [0.29, 0.717) is 0 Å². The van der Waals surface area contributed by atoms with E-state index in [-0.39, 0.29) is 0 Å². The normalized spacial score (nSPS) is 12.4. The molecule has 0 saturated heterocycles. The smallest absolute Gasteiger partial charge is 0.0714 e. The first kappa shape index (κ1) is 56.3. The molecule has 0 aliphatic heterocycles. The molecule has 0 saturated carbocycles. The number of anilines is 6. The average molecular weight is 1300 g/mol. The fourth-order valence-corrected chi connectivity index (χ4v) is 15.4. The monoisotopic (exact) mass is 1300 g/mol. The minimum Gasteiger partial charge on any atom is -0.340 e. The third-order valence-electron chi connectivity index (χ3n) is 18.8. The van der Waals surface area contributed by atoms with Crippen LogP contribution in [0.15, 0.2) is 324 Å². The van der Waals surface area contributed by atoms with Crippen LogP contribution in [-0.2, 0) is 18.5 Å². The molecule has 4 nitrogen and oxygen atoms in total. The molecular formula is C85H64Br2N4. The molecule has 438 valence electrons. The predicted octanol–water partition coefficient (Wildman–Crippen LogP) is 24.3. The third kappa shape index (κ3) is 10.2. The van der Waals surface area contributed by atoms with Crippen LogP contribution in [0.25, 0.3) is 77.0 Å². The molecule has 0 fully saturated rings. The van der Waals surface area contributed by atoms with Crippen molar-refractivity contribution in [3.8, 4) is 33.4 Å². The fourth-order valence-electron chi connectivity index (χ4n) is 14.7. The Hall–Kier alpha value is -9.98. The van der Waals surface area contributed by atoms with Crippen molar-refractivity contribution < 1.29 is 0 Å². The van der Waals surface area contributed by atoms with Gasteiger partial charge in [0.1, 0.15) is 0 Å². The van der Waals surface area contributed by atoms with Gasteiger partial charge in [0, 0.05) is 99.8 Å². The zero-order valence-corrected chi connectivity index (χ0v) is 53.5. The fraction of sp³-hybridized carbons (Fsp3) is 0.0824. The molecule has 0 atom stereocenters. The second-order valence-electron chi connectivity index (χ2n) is 24.0. The molecule has 0 unspecified atom stereocenters. The molecule has 2 heterocycles. The molecule has 13 aromatic carbocycles. The maximum atomic E-state index is 3.90. The second kappa shape index (κ2) is 24.1.